The second-order valence-electron chi connectivity index (χ2n) is 7.27. The van der Waals surface area contributed by atoms with E-state index in [0.29, 0.717) is 12.1 Å². The summed E-state index contributed by atoms with van der Waals surface area (Å²) in [5.41, 5.74) is 10.6. The molecule has 3 unspecified atom stereocenters. The van der Waals surface area contributed by atoms with Gasteiger partial charge < -0.3 is 19.8 Å². The van der Waals surface area contributed by atoms with Crippen molar-refractivity contribution in [3.63, 3.8) is 0 Å². The summed E-state index contributed by atoms with van der Waals surface area (Å²) >= 11 is 0. The molecule has 3 heterocycles. The van der Waals surface area contributed by atoms with Gasteiger partial charge in [-0.1, -0.05) is 0 Å². The number of aryl methyl sites for hydroxylation is 1. The highest BCUT2D eigenvalue weighted by Crippen LogP contribution is 2.43. The molecule has 0 amide bonds. The Bertz CT molecular complexity index is 770. The monoisotopic (exact) mass is 341 g/mol. The second-order valence-corrected chi connectivity index (χ2v) is 7.27. The fourth-order valence-electron chi connectivity index (χ4n) is 4.41. The number of hydrogen-bond acceptors (Lipinski definition) is 4. The maximum absolute atomic E-state index is 6.61. The largest absolute Gasteiger partial charge is 0.493 e. The fourth-order valence-corrected chi connectivity index (χ4v) is 4.41. The minimum Gasteiger partial charge on any atom is -0.493 e. The predicted molar refractivity (Wildman–Crippen MR) is 98.4 cm³/mol. The predicted octanol–water partition coefficient (Wildman–Crippen LogP) is 2.69. The quantitative estimate of drug-likeness (QED) is 0.933. The normalized spacial score (nSPS) is 26.0. The van der Waals surface area contributed by atoms with Gasteiger partial charge in [0.25, 0.3) is 0 Å². The smallest absolute Gasteiger partial charge is 0.161 e. The molecule has 5 heteroatoms. The molecule has 2 aliphatic heterocycles. The van der Waals surface area contributed by atoms with Crippen molar-refractivity contribution in [2.24, 2.45) is 5.73 Å². The number of nitrogens with zero attached hydrogens (tertiary/aromatic N) is 2. The van der Waals surface area contributed by atoms with E-state index in [1.807, 2.05) is 0 Å². The van der Waals surface area contributed by atoms with Crippen molar-refractivity contribution in [2.45, 2.75) is 37.9 Å². The van der Waals surface area contributed by atoms with Crippen molar-refractivity contribution >= 4 is 0 Å². The molecule has 0 spiro atoms. The van der Waals surface area contributed by atoms with E-state index < -0.39 is 0 Å². The standard InChI is InChI=1S/C20H27N3O2/c1-13-4-6-22(11-13)18-12-23-7-5-14-8-19(24-2)20(25-3)9-15(14)17(23)10-16(18)21/h4,6,8-9,11,16-18H,5,7,10,12,21H2,1-3H3. The number of methoxy groups -OCH3 is 2. The molecule has 25 heavy (non-hydrogen) atoms. The molecule has 0 bridgehead atoms. The van der Waals surface area contributed by atoms with Crippen LogP contribution in [0.3, 0.4) is 0 Å². The summed E-state index contributed by atoms with van der Waals surface area (Å²) in [6.45, 7) is 4.19. The van der Waals surface area contributed by atoms with Gasteiger partial charge in [0.1, 0.15) is 0 Å². The second kappa shape index (κ2) is 6.39. The van der Waals surface area contributed by atoms with E-state index in [9.17, 15) is 0 Å². The third-order valence-corrected chi connectivity index (χ3v) is 5.77. The van der Waals surface area contributed by atoms with Crippen LogP contribution in [0, 0.1) is 6.92 Å². The zero-order valence-electron chi connectivity index (χ0n) is 15.2. The van der Waals surface area contributed by atoms with E-state index in [-0.39, 0.29) is 6.04 Å². The lowest BCUT2D eigenvalue weighted by molar-refractivity contribution is 0.0869. The van der Waals surface area contributed by atoms with E-state index in [1.165, 1.54) is 16.7 Å². The first kappa shape index (κ1) is 16.5. The summed E-state index contributed by atoms with van der Waals surface area (Å²) < 4.78 is 13.3. The van der Waals surface area contributed by atoms with Crippen molar-refractivity contribution < 1.29 is 9.47 Å². The lowest BCUT2D eigenvalue weighted by atomic mass is 9.83. The first-order valence-electron chi connectivity index (χ1n) is 8.99. The van der Waals surface area contributed by atoms with Crippen molar-refractivity contribution in [3.05, 3.63) is 47.3 Å². The van der Waals surface area contributed by atoms with Crippen LogP contribution in [0.2, 0.25) is 0 Å². The number of aromatic nitrogens is 1. The molecule has 3 atom stereocenters. The molecule has 134 valence electrons. The first-order chi connectivity index (χ1) is 12.1. The molecule has 1 aromatic carbocycles. The third-order valence-electron chi connectivity index (χ3n) is 5.77. The number of benzene rings is 1. The zero-order chi connectivity index (χ0) is 17.6. The Morgan fingerprint density at radius 2 is 1.92 bits per heavy atom. The van der Waals surface area contributed by atoms with Crippen LogP contribution in [0.5, 0.6) is 11.5 Å². The van der Waals surface area contributed by atoms with Crippen LogP contribution in [-0.2, 0) is 6.42 Å². The van der Waals surface area contributed by atoms with E-state index in [4.69, 9.17) is 15.2 Å². The molecule has 0 radical (unpaired) electrons. The molecular weight excluding hydrogens is 314 g/mol. The summed E-state index contributed by atoms with van der Waals surface area (Å²) in [5.74, 6) is 1.62. The highest BCUT2D eigenvalue weighted by molar-refractivity contribution is 5.49. The summed E-state index contributed by atoms with van der Waals surface area (Å²) in [6, 6.07) is 7.29. The summed E-state index contributed by atoms with van der Waals surface area (Å²) in [4.78, 5) is 2.58. The number of fused-ring (bicyclic) bond motifs is 3. The van der Waals surface area contributed by atoms with Gasteiger partial charge in [0, 0.05) is 37.6 Å². The molecule has 1 saturated heterocycles. The van der Waals surface area contributed by atoms with Gasteiger partial charge in [-0.2, -0.15) is 0 Å². The van der Waals surface area contributed by atoms with Crippen LogP contribution < -0.4 is 15.2 Å². The summed E-state index contributed by atoms with van der Waals surface area (Å²) in [5, 5.41) is 0. The van der Waals surface area contributed by atoms with Gasteiger partial charge in [-0.25, -0.2) is 0 Å². The van der Waals surface area contributed by atoms with Gasteiger partial charge in [-0.3, -0.25) is 4.90 Å². The molecule has 0 saturated carbocycles. The topological polar surface area (TPSA) is 52.7 Å². The fraction of sp³-hybridized carbons (Fsp3) is 0.500. The Morgan fingerprint density at radius 1 is 1.16 bits per heavy atom. The number of hydrogen-bond donors (Lipinski definition) is 1. The number of piperidine rings is 1. The van der Waals surface area contributed by atoms with Gasteiger partial charge in [0.05, 0.1) is 20.3 Å². The minimum absolute atomic E-state index is 0.145. The van der Waals surface area contributed by atoms with E-state index in [0.717, 1.165) is 37.4 Å². The Labute approximate surface area is 149 Å². The number of ether oxygens (including phenoxy) is 2. The Morgan fingerprint density at radius 3 is 2.60 bits per heavy atom. The van der Waals surface area contributed by atoms with Crippen molar-refractivity contribution in [3.8, 4) is 11.5 Å². The third kappa shape index (κ3) is 2.81. The molecule has 1 fully saturated rings. The van der Waals surface area contributed by atoms with Crippen LogP contribution in [0.15, 0.2) is 30.6 Å². The molecule has 4 rings (SSSR count). The average molecular weight is 341 g/mol. The maximum Gasteiger partial charge on any atom is 0.161 e. The molecule has 2 aliphatic rings. The highest BCUT2D eigenvalue weighted by atomic mass is 16.5. The zero-order valence-corrected chi connectivity index (χ0v) is 15.2. The Hall–Kier alpha value is -1.98. The SMILES string of the molecule is COc1cc2c(cc1OC)C1CC(N)C(n3ccc(C)c3)CN1CC2. The first-order valence-corrected chi connectivity index (χ1v) is 8.99. The Balaban J connectivity index is 1.64. The van der Waals surface area contributed by atoms with Gasteiger partial charge in [-0.15, -0.1) is 0 Å². The van der Waals surface area contributed by atoms with Crippen molar-refractivity contribution in [1.29, 1.82) is 0 Å². The molecule has 5 nitrogen and oxygen atoms in total. The van der Waals surface area contributed by atoms with Gasteiger partial charge in [-0.05, 0) is 54.7 Å². The van der Waals surface area contributed by atoms with Crippen LogP contribution in [-0.4, -0.2) is 42.8 Å². The van der Waals surface area contributed by atoms with Gasteiger partial charge in [0.15, 0.2) is 11.5 Å². The van der Waals surface area contributed by atoms with Gasteiger partial charge >= 0.3 is 0 Å². The summed E-state index contributed by atoms with van der Waals surface area (Å²) in [6.07, 6.45) is 6.37. The van der Waals surface area contributed by atoms with Crippen LogP contribution in [0.1, 0.15) is 35.2 Å². The maximum atomic E-state index is 6.61. The molecule has 1 aromatic heterocycles. The molecular formula is C20H27N3O2. The van der Waals surface area contributed by atoms with Crippen LogP contribution in [0.4, 0.5) is 0 Å². The lowest BCUT2D eigenvalue weighted by Crippen LogP contribution is -2.51. The Kier molecular flexibility index (Phi) is 4.21. The van der Waals surface area contributed by atoms with Crippen LogP contribution in [0.25, 0.3) is 0 Å². The van der Waals surface area contributed by atoms with Crippen molar-refractivity contribution in [2.75, 3.05) is 27.3 Å². The lowest BCUT2D eigenvalue weighted by Gasteiger charge is -2.46. The van der Waals surface area contributed by atoms with E-state index >= 15 is 0 Å². The number of nitrogens with two attached hydrogens (primary N) is 1. The molecule has 0 aliphatic carbocycles. The van der Waals surface area contributed by atoms with E-state index in [1.54, 1.807) is 14.2 Å². The van der Waals surface area contributed by atoms with Crippen molar-refractivity contribution in [1.82, 2.24) is 9.47 Å². The highest BCUT2D eigenvalue weighted by Gasteiger charge is 2.38. The van der Waals surface area contributed by atoms with E-state index in [2.05, 4.69) is 47.0 Å². The number of rotatable bonds is 3. The minimum atomic E-state index is 0.145. The van der Waals surface area contributed by atoms with Crippen LogP contribution >= 0.6 is 0 Å². The molecule has 2 aromatic rings. The summed E-state index contributed by atoms with van der Waals surface area (Å²) in [7, 11) is 3.39. The van der Waals surface area contributed by atoms with Gasteiger partial charge in [0.2, 0.25) is 0 Å². The average Bonchev–Trinajstić information content (AvgIpc) is 3.06. The molecule has 2 N–H and O–H groups in total.